The van der Waals surface area contributed by atoms with Gasteiger partial charge in [0.05, 0.1) is 12.6 Å². The fraction of sp³-hybridized carbons (Fsp3) is 1.00. The van der Waals surface area contributed by atoms with Crippen LogP contribution in [-0.2, 0) is 0 Å². The lowest BCUT2D eigenvalue weighted by Crippen LogP contribution is -2.55. The summed E-state index contributed by atoms with van der Waals surface area (Å²) >= 11 is 0. The van der Waals surface area contributed by atoms with Crippen molar-refractivity contribution in [3.63, 3.8) is 0 Å². The van der Waals surface area contributed by atoms with Crippen LogP contribution in [0.5, 0.6) is 0 Å². The molecule has 0 spiro atoms. The Hall–Kier alpha value is -0.220. The van der Waals surface area contributed by atoms with Crippen molar-refractivity contribution >= 4 is 0 Å². The van der Waals surface area contributed by atoms with Crippen molar-refractivity contribution in [2.24, 2.45) is 0 Å². The number of rotatable bonds is 2. The van der Waals surface area contributed by atoms with E-state index in [-0.39, 0.29) is 19.1 Å². The molecule has 13 heavy (non-hydrogen) atoms. The lowest BCUT2D eigenvalue weighted by atomic mass is 9.91. The van der Waals surface area contributed by atoms with Crippen molar-refractivity contribution in [1.82, 2.24) is 4.90 Å². The van der Waals surface area contributed by atoms with Crippen LogP contribution in [0.15, 0.2) is 0 Å². The third-order valence-corrected chi connectivity index (χ3v) is 2.96. The first kappa shape index (κ1) is 10.9. The largest absolute Gasteiger partial charge is 0.395 e. The molecule has 0 bridgehead atoms. The summed E-state index contributed by atoms with van der Waals surface area (Å²) in [7, 11) is 1.67. The van der Waals surface area contributed by atoms with Crippen molar-refractivity contribution in [2.75, 3.05) is 13.7 Å². The molecule has 0 saturated carbocycles. The molecular formula is C9H17F2NO. The van der Waals surface area contributed by atoms with Crippen LogP contribution in [0, 0.1) is 0 Å². The van der Waals surface area contributed by atoms with Gasteiger partial charge in [0, 0.05) is 12.5 Å². The summed E-state index contributed by atoms with van der Waals surface area (Å²) in [5, 5.41) is 8.96. The normalized spacial score (nSPS) is 34.8. The smallest absolute Gasteiger partial charge is 0.263 e. The van der Waals surface area contributed by atoms with Crippen LogP contribution in [0.3, 0.4) is 0 Å². The summed E-state index contributed by atoms with van der Waals surface area (Å²) in [5.74, 6) is -2.59. The Morgan fingerprint density at radius 3 is 2.62 bits per heavy atom. The van der Waals surface area contributed by atoms with E-state index in [4.69, 9.17) is 5.11 Å². The van der Waals surface area contributed by atoms with Gasteiger partial charge in [-0.25, -0.2) is 8.78 Å². The van der Waals surface area contributed by atoms with Gasteiger partial charge in [-0.05, 0) is 19.9 Å². The number of hydrogen-bond donors (Lipinski definition) is 1. The van der Waals surface area contributed by atoms with E-state index in [1.165, 1.54) is 0 Å². The highest BCUT2D eigenvalue weighted by molar-refractivity contribution is 4.92. The summed E-state index contributed by atoms with van der Waals surface area (Å²) in [5.41, 5.74) is 0. The molecule has 4 heteroatoms. The van der Waals surface area contributed by atoms with Crippen LogP contribution in [0.2, 0.25) is 0 Å². The number of aliphatic hydroxyl groups excluding tert-OH is 1. The van der Waals surface area contributed by atoms with Gasteiger partial charge in [-0.3, -0.25) is 4.90 Å². The molecule has 0 aromatic rings. The Morgan fingerprint density at radius 2 is 2.15 bits per heavy atom. The molecule has 2 unspecified atom stereocenters. The molecule has 0 amide bonds. The van der Waals surface area contributed by atoms with Crippen LogP contribution in [0.1, 0.15) is 26.2 Å². The van der Waals surface area contributed by atoms with Crippen LogP contribution in [0.25, 0.3) is 0 Å². The molecule has 1 saturated heterocycles. The third kappa shape index (κ3) is 1.99. The second-order valence-electron chi connectivity index (χ2n) is 3.73. The van der Waals surface area contributed by atoms with Crippen molar-refractivity contribution in [2.45, 2.75) is 44.2 Å². The van der Waals surface area contributed by atoms with Crippen molar-refractivity contribution in [1.29, 1.82) is 0 Å². The predicted molar refractivity (Wildman–Crippen MR) is 46.9 cm³/mol. The molecule has 1 N–H and O–H groups in total. The highest BCUT2D eigenvalue weighted by Crippen LogP contribution is 2.36. The monoisotopic (exact) mass is 193 g/mol. The zero-order valence-corrected chi connectivity index (χ0v) is 8.13. The Labute approximate surface area is 77.5 Å². The van der Waals surface area contributed by atoms with E-state index >= 15 is 0 Å². The van der Waals surface area contributed by atoms with E-state index in [2.05, 4.69) is 0 Å². The minimum Gasteiger partial charge on any atom is -0.395 e. The van der Waals surface area contributed by atoms with Crippen molar-refractivity contribution in [3.8, 4) is 0 Å². The van der Waals surface area contributed by atoms with Gasteiger partial charge in [0.1, 0.15) is 0 Å². The molecule has 1 aliphatic heterocycles. The Bertz CT molecular complexity index is 175. The molecule has 2 nitrogen and oxygen atoms in total. The summed E-state index contributed by atoms with van der Waals surface area (Å²) in [6.45, 7) is 1.73. The van der Waals surface area contributed by atoms with Gasteiger partial charge in [-0.2, -0.15) is 0 Å². The van der Waals surface area contributed by atoms with E-state index in [9.17, 15) is 8.78 Å². The number of likely N-dealkylation sites (N-methyl/N-ethyl adjacent to an activating group) is 1. The molecule has 78 valence electrons. The fourth-order valence-electron chi connectivity index (χ4n) is 2.09. The van der Waals surface area contributed by atoms with Crippen LogP contribution < -0.4 is 0 Å². The zero-order chi connectivity index (χ0) is 10.1. The molecule has 2 atom stereocenters. The summed E-state index contributed by atoms with van der Waals surface area (Å²) in [6.07, 6.45) is 0.720. The van der Waals surface area contributed by atoms with Gasteiger partial charge in [0.25, 0.3) is 5.92 Å². The number of hydrogen-bond acceptors (Lipinski definition) is 2. The van der Waals surface area contributed by atoms with Gasteiger partial charge >= 0.3 is 0 Å². The minimum atomic E-state index is -2.59. The van der Waals surface area contributed by atoms with Crippen molar-refractivity contribution < 1.29 is 13.9 Å². The summed E-state index contributed by atoms with van der Waals surface area (Å²) in [6, 6.07) is -0.803. The standard InChI is InChI=1S/C9H17F2NO/c1-3-8-9(10,11)5-4-7(6-13)12(8)2/h7-8,13H,3-6H2,1-2H3. The van der Waals surface area contributed by atoms with Crippen LogP contribution in [0.4, 0.5) is 8.78 Å². The lowest BCUT2D eigenvalue weighted by molar-refractivity contribution is -0.129. The molecule has 1 aliphatic rings. The zero-order valence-electron chi connectivity index (χ0n) is 8.13. The number of aliphatic hydroxyl groups is 1. The molecule has 0 aromatic heterocycles. The molecule has 0 aromatic carbocycles. The predicted octanol–water partition coefficient (Wildman–Crippen LogP) is 1.49. The number of halogens is 2. The molecule has 1 rings (SSSR count). The molecule has 0 radical (unpaired) electrons. The Balaban J connectivity index is 2.72. The number of nitrogens with zero attached hydrogens (tertiary/aromatic N) is 1. The molecular weight excluding hydrogens is 176 g/mol. The van der Waals surface area contributed by atoms with E-state index in [1.54, 1.807) is 18.9 Å². The topological polar surface area (TPSA) is 23.5 Å². The quantitative estimate of drug-likeness (QED) is 0.718. The maximum absolute atomic E-state index is 13.3. The summed E-state index contributed by atoms with van der Waals surface area (Å²) < 4.78 is 26.6. The molecule has 1 fully saturated rings. The number of likely N-dealkylation sites (tertiary alicyclic amines) is 1. The first-order valence-electron chi connectivity index (χ1n) is 4.73. The molecule has 0 aliphatic carbocycles. The lowest BCUT2D eigenvalue weighted by Gasteiger charge is -2.43. The fourth-order valence-corrected chi connectivity index (χ4v) is 2.09. The van der Waals surface area contributed by atoms with Gasteiger partial charge in [0.15, 0.2) is 0 Å². The maximum atomic E-state index is 13.3. The number of piperidine rings is 1. The molecule has 1 heterocycles. The van der Waals surface area contributed by atoms with E-state index in [0.29, 0.717) is 12.8 Å². The van der Waals surface area contributed by atoms with Crippen LogP contribution in [-0.4, -0.2) is 41.7 Å². The highest BCUT2D eigenvalue weighted by atomic mass is 19.3. The second-order valence-corrected chi connectivity index (χ2v) is 3.73. The van der Waals surface area contributed by atoms with Crippen LogP contribution >= 0.6 is 0 Å². The first-order chi connectivity index (χ1) is 6.03. The SMILES string of the molecule is CCC1N(C)C(CO)CCC1(F)F. The van der Waals surface area contributed by atoms with Gasteiger partial charge < -0.3 is 5.11 Å². The average Bonchev–Trinajstić information content (AvgIpc) is 2.04. The Kier molecular flexibility index (Phi) is 3.24. The third-order valence-electron chi connectivity index (χ3n) is 2.96. The maximum Gasteiger partial charge on any atom is 0.263 e. The highest BCUT2D eigenvalue weighted by Gasteiger charge is 2.46. The second kappa shape index (κ2) is 3.88. The van der Waals surface area contributed by atoms with Gasteiger partial charge in [-0.15, -0.1) is 0 Å². The first-order valence-corrected chi connectivity index (χ1v) is 4.73. The average molecular weight is 193 g/mol. The van der Waals surface area contributed by atoms with E-state index in [0.717, 1.165) is 0 Å². The summed E-state index contributed by atoms with van der Waals surface area (Å²) in [4.78, 5) is 1.61. The van der Waals surface area contributed by atoms with E-state index < -0.39 is 12.0 Å². The van der Waals surface area contributed by atoms with Gasteiger partial charge in [0.2, 0.25) is 0 Å². The minimum absolute atomic E-state index is 0.0247. The van der Waals surface area contributed by atoms with Crippen molar-refractivity contribution in [3.05, 3.63) is 0 Å². The van der Waals surface area contributed by atoms with E-state index in [1.807, 2.05) is 0 Å². The van der Waals surface area contributed by atoms with Gasteiger partial charge in [-0.1, -0.05) is 6.92 Å². The Morgan fingerprint density at radius 1 is 1.54 bits per heavy atom. The number of alkyl halides is 2.